The third-order valence-electron chi connectivity index (χ3n) is 2.95. The van der Waals surface area contributed by atoms with Crippen LogP contribution >= 0.6 is 0 Å². The van der Waals surface area contributed by atoms with Crippen LogP contribution in [0.3, 0.4) is 0 Å². The first-order chi connectivity index (χ1) is 10.7. The van der Waals surface area contributed by atoms with Crippen LogP contribution in [0.1, 0.15) is 15.9 Å². The molecule has 0 spiro atoms. The first-order valence-electron chi connectivity index (χ1n) is 6.52. The zero-order valence-electron chi connectivity index (χ0n) is 11.9. The highest BCUT2D eigenvalue weighted by Gasteiger charge is 2.31. The minimum atomic E-state index is -4.77. The zero-order chi connectivity index (χ0) is 17.0. The number of amides is 1. The molecule has 122 valence electrons. The van der Waals surface area contributed by atoms with Crippen molar-refractivity contribution in [3.63, 3.8) is 0 Å². The summed E-state index contributed by atoms with van der Waals surface area (Å²) >= 11 is 0. The van der Waals surface area contributed by atoms with E-state index in [1.807, 2.05) is 0 Å². The van der Waals surface area contributed by atoms with Gasteiger partial charge in [-0.15, -0.1) is 13.2 Å². The van der Waals surface area contributed by atoms with Gasteiger partial charge in [-0.05, 0) is 42.0 Å². The van der Waals surface area contributed by atoms with Gasteiger partial charge in [0.1, 0.15) is 5.75 Å². The number of rotatable bonds is 4. The molecule has 0 heterocycles. The molecule has 8 heteroatoms. The van der Waals surface area contributed by atoms with Gasteiger partial charge >= 0.3 is 6.36 Å². The van der Waals surface area contributed by atoms with Crippen molar-refractivity contribution in [3.05, 3.63) is 53.6 Å². The number of carbonyl (C=O) groups is 1. The Morgan fingerprint density at radius 1 is 1.04 bits per heavy atom. The van der Waals surface area contributed by atoms with Crippen molar-refractivity contribution >= 4 is 17.3 Å². The summed E-state index contributed by atoms with van der Waals surface area (Å²) in [5.41, 5.74) is 13.1. The molecule has 2 rings (SSSR count). The molecule has 5 N–H and O–H groups in total. The number of halogens is 3. The molecule has 0 aromatic heterocycles. The summed E-state index contributed by atoms with van der Waals surface area (Å²) in [5, 5.41) is 2.63. The van der Waals surface area contributed by atoms with Gasteiger partial charge in [-0.3, -0.25) is 4.79 Å². The van der Waals surface area contributed by atoms with E-state index in [-0.39, 0.29) is 17.9 Å². The van der Waals surface area contributed by atoms with Gasteiger partial charge in [0, 0.05) is 12.1 Å². The summed E-state index contributed by atoms with van der Waals surface area (Å²) in [6, 6.07) is 9.61. The van der Waals surface area contributed by atoms with E-state index in [9.17, 15) is 18.0 Å². The largest absolute Gasteiger partial charge is 0.573 e. The molecule has 2 aromatic rings. The van der Waals surface area contributed by atoms with Gasteiger partial charge in [-0.25, -0.2) is 0 Å². The maximum Gasteiger partial charge on any atom is 0.573 e. The van der Waals surface area contributed by atoms with Gasteiger partial charge in [0.2, 0.25) is 0 Å². The van der Waals surface area contributed by atoms with Crippen LogP contribution in [0.2, 0.25) is 0 Å². The summed E-state index contributed by atoms with van der Waals surface area (Å²) in [5.74, 6) is -0.820. The number of hydrogen-bond acceptors (Lipinski definition) is 4. The molecule has 0 fully saturated rings. The van der Waals surface area contributed by atoms with Crippen molar-refractivity contribution < 1.29 is 22.7 Å². The SMILES string of the molecule is Nc1ccc(CNC(=O)c2ccc(OC(F)(F)F)cc2)cc1N. The Labute approximate surface area is 130 Å². The van der Waals surface area contributed by atoms with E-state index in [0.29, 0.717) is 11.4 Å². The van der Waals surface area contributed by atoms with Crippen LogP contribution in [0.5, 0.6) is 5.75 Å². The Kier molecular flexibility index (Phi) is 4.63. The second-order valence-electron chi connectivity index (χ2n) is 4.72. The van der Waals surface area contributed by atoms with E-state index in [0.717, 1.165) is 17.7 Å². The van der Waals surface area contributed by atoms with Crippen LogP contribution < -0.4 is 21.5 Å². The maximum absolute atomic E-state index is 12.0. The molecular formula is C15H14F3N3O2. The van der Waals surface area contributed by atoms with E-state index in [1.54, 1.807) is 18.2 Å². The number of nitrogens with one attached hydrogen (secondary N) is 1. The van der Waals surface area contributed by atoms with Gasteiger partial charge in [0.05, 0.1) is 11.4 Å². The molecule has 0 saturated carbocycles. The summed E-state index contributed by atoms with van der Waals surface area (Å²) in [6.45, 7) is 0.212. The lowest BCUT2D eigenvalue weighted by atomic mass is 10.1. The Morgan fingerprint density at radius 2 is 1.70 bits per heavy atom. The molecule has 0 aliphatic heterocycles. The number of carbonyl (C=O) groups excluding carboxylic acids is 1. The predicted octanol–water partition coefficient (Wildman–Crippen LogP) is 2.68. The standard InChI is InChI=1S/C15H14F3N3O2/c16-15(17,18)23-11-4-2-10(3-5-11)14(22)21-8-9-1-6-12(19)13(20)7-9/h1-7H,8,19-20H2,(H,21,22). The summed E-state index contributed by atoms with van der Waals surface area (Å²) in [7, 11) is 0. The molecule has 0 unspecified atom stereocenters. The molecule has 23 heavy (non-hydrogen) atoms. The molecule has 0 aliphatic carbocycles. The predicted molar refractivity (Wildman–Crippen MR) is 79.6 cm³/mol. The normalized spacial score (nSPS) is 11.1. The number of nitrogens with two attached hydrogens (primary N) is 2. The molecule has 0 bridgehead atoms. The molecular weight excluding hydrogens is 311 g/mol. The Balaban J connectivity index is 1.96. The second kappa shape index (κ2) is 6.47. The third-order valence-corrected chi connectivity index (χ3v) is 2.95. The van der Waals surface area contributed by atoms with Crippen molar-refractivity contribution in [2.45, 2.75) is 12.9 Å². The number of ether oxygens (including phenoxy) is 1. The Bertz CT molecular complexity index is 700. The van der Waals surface area contributed by atoms with Crippen molar-refractivity contribution in [3.8, 4) is 5.75 Å². The molecule has 5 nitrogen and oxygen atoms in total. The van der Waals surface area contributed by atoms with E-state index in [1.165, 1.54) is 12.1 Å². The lowest BCUT2D eigenvalue weighted by Gasteiger charge is -2.10. The van der Waals surface area contributed by atoms with Gasteiger partial charge in [0.25, 0.3) is 5.91 Å². The summed E-state index contributed by atoms with van der Waals surface area (Å²) < 4.78 is 39.9. The topological polar surface area (TPSA) is 90.4 Å². The van der Waals surface area contributed by atoms with E-state index in [2.05, 4.69) is 10.1 Å². The minimum absolute atomic E-state index is 0.211. The highest BCUT2D eigenvalue weighted by Crippen LogP contribution is 2.22. The van der Waals surface area contributed by atoms with Crippen LogP contribution in [0.15, 0.2) is 42.5 Å². The molecule has 0 radical (unpaired) electrons. The second-order valence-corrected chi connectivity index (χ2v) is 4.72. The Hall–Kier alpha value is -2.90. The first kappa shape index (κ1) is 16.5. The average Bonchev–Trinajstić information content (AvgIpc) is 2.47. The monoisotopic (exact) mass is 325 g/mol. The number of nitrogen functional groups attached to an aromatic ring is 2. The van der Waals surface area contributed by atoms with Crippen molar-refractivity contribution in [2.75, 3.05) is 11.5 Å². The molecule has 0 aliphatic rings. The summed E-state index contributed by atoms with van der Waals surface area (Å²) in [4.78, 5) is 11.9. The number of hydrogen-bond donors (Lipinski definition) is 3. The lowest BCUT2D eigenvalue weighted by molar-refractivity contribution is -0.274. The number of anilines is 2. The fraction of sp³-hybridized carbons (Fsp3) is 0.133. The fourth-order valence-corrected chi connectivity index (χ4v) is 1.83. The molecule has 0 saturated heterocycles. The molecule has 1 amide bonds. The molecule has 0 atom stereocenters. The first-order valence-corrected chi connectivity index (χ1v) is 6.52. The van der Waals surface area contributed by atoms with Crippen molar-refractivity contribution in [1.29, 1.82) is 0 Å². The number of benzene rings is 2. The fourth-order valence-electron chi connectivity index (χ4n) is 1.83. The van der Waals surface area contributed by atoms with Crippen LogP contribution in [0.4, 0.5) is 24.5 Å². The van der Waals surface area contributed by atoms with Crippen LogP contribution in [0.25, 0.3) is 0 Å². The third kappa shape index (κ3) is 4.80. The van der Waals surface area contributed by atoms with Gasteiger partial charge in [-0.2, -0.15) is 0 Å². The van der Waals surface area contributed by atoms with Gasteiger partial charge < -0.3 is 21.5 Å². The highest BCUT2D eigenvalue weighted by atomic mass is 19.4. The Morgan fingerprint density at radius 3 is 2.26 bits per heavy atom. The average molecular weight is 325 g/mol. The van der Waals surface area contributed by atoms with Crippen molar-refractivity contribution in [1.82, 2.24) is 5.32 Å². The van der Waals surface area contributed by atoms with E-state index in [4.69, 9.17) is 11.5 Å². The summed E-state index contributed by atoms with van der Waals surface area (Å²) in [6.07, 6.45) is -4.77. The van der Waals surface area contributed by atoms with Crippen LogP contribution in [0, 0.1) is 0 Å². The maximum atomic E-state index is 12.0. The van der Waals surface area contributed by atoms with Crippen LogP contribution in [-0.2, 0) is 6.54 Å². The van der Waals surface area contributed by atoms with Gasteiger partial charge in [0.15, 0.2) is 0 Å². The highest BCUT2D eigenvalue weighted by molar-refractivity contribution is 5.94. The van der Waals surface area contributed by atoms with Crippen molar-refractivity contribution in [2.24, 2.45) is 0 Å². The van der Waals surface area contributed by atoms with E-state index >= 15 is 0 Å². The van der Waals surface area contributed by atoms with E-state index < -0.39 is 12.3 Å². The lowest BCUT2D eigenvalue weighted by Crippen LogP contribution is -2.23. The number of alkyl halides is 3. The minimum Gasteiger partial charge on any atom is -0.406 e. The quantitative estimate of drug-likeness (QED) is 0.754. The molecule has 2 aromatic carbocycles. The van der Waals surface area contributed by atoms with Crippen LogP contribution in [-0.4, -0.2) is 12.3 Å². The smallest absolute Gasteiger partial charge is 0.406 e. The van der Waals surface area contributed by atoms with Gasteiger partial charge in [-0.1, -0.05) is 6.07 Å². The zero-order valence-corrected chi connectivity index (χ0v) is 11.9.